The van der Waals surface area contributed by atoms with Gasteiger partial charge >= 0.3 is 0 Å². The van der Waals surface area contributed by atoms with Crippen LogP contribution < -0.4 is 0 Å². The van der Waals surface area contributed by atoms with E-state index in [1.807, 2.05) is 24.3 Å². The van der Waals surface area contributed by atoms with Gasteiger partial charge in [-0.15, -0.1) is 0 Å². The largest absolute Gasteiger partial charge is 0.411 e. The molecule has 0 spiro atoms. The molecule has 0 fully saturated rings. The number of rotatable bonds is 10. The first-order valence-electron chi connectivity index (χ1n) is 13.7. The van der Waals surface area contributed by atoms with E-state index in [1.165, 1.54) is 0 Å². The summed E-state index contributed by atoms with van der Waals surface area (Å²) in [5.74, 6) is 0. The van der Waals surface area contributed by atoms with Crippen molar-refractivity contribution in [1.29, 1.82) is 0 Å². The molecule has 0 bridgehead atoms. The lowest BCUT2D eigenvalue weighted by Gasteiger charge is -2.37. The van der Waals surface area contributed by atoms with E-state index in [1.54, 1.807) is 11.8 Å². The average molecular weight is 624 g/mol. The zero-order valence-corrected chi connectivity index (χ0v) is 30.2. The lowest BCUT2D eigenvalue weighted by Crippen LogP contribution is -2.42. The summed E-state index contributed by atoms with van der Waals surface area (Å²) in [6.07, 6.45) is 8.56. The third-order valence-electron chi connectivity index (χ3n) is 7.83. The molecule has 2 aromatic rings. The van der Waals surface area contributed by atoms with Gasteiger partial charge < -0.3 is 8.85 Å². The number of benzene rings is 2. The number of halogens is 2. The summed E-state index contributed by atoms with van der Waals surface area (Å²) in [5.41, 5.74) is 2.13. The van der Waals surface area contributed by atoms with Gasteiger partial charge in [0.2, 0.25) is 0 Å². The highest BCUT2D eigenvalue weighted by Crippen LogP contribution is 2.40. The van der Waals surface area contributed by atoms with Crippen molar-refractivity contribution in [2.75, 3.05) is 0 Å². The van der Waals surface area contributed by atoms with E-state index in [4.69, 9.17) is 32.1 Å². The van der Waals surface area contributed by atoms with Gasteiger partial charge in [-0.1, -0.05) is 101 Å². The molecule has 2 rings (SSSR count). The Kier molecular flexibility index (Phi) is 11.9. The molecule has 0 saturated carbocycles. The predicted octanol–water partition coefficient (Wildman–Crippen LogP) is 12.0. The Morgan fingerprint density at radius 2 is 1.00 bits per heavy atom. The van der Waals surface area contributed by atoms with Gasteiger partial charge in [0, 0.05) is 19.8 Å². The van der Waals surface area contributed by atoms with Gasteiger partial charge in [-0.2, -0.15) is 0 Å². The lowest BCUT2D eigenvalue weighted by atomic mass is 10.2. The molecule has 0 radical (unpaired) electrons. The maximum Gasteiger partial charge on any atom is 0.192 e. The molecule has 0 saturated heterocycles. The SMILES string of the molecule is CC(C=Cc1cc(Cl)ccc1Sc1ccc(Cl)cc1/C=C\C(C)O[Si](C)(C)C(C)(C)C)O[Si](C)(C)C(C)(C)C. The van der Waals surface area contributed by atoms with Crippen LogP contribution >= 0.6 is 35.0 Å². The first kappa shape index (κ1) is 34.4. The molecule has 0 aliphatic carbocycles. The van der Waals surface area contributed by atoms with Crippen molar-refractivity contribution >= 4 is 63.8 Å². The van der Waals surface area contributed by atoms with E-state index in [0.29, 0.717) is 10.0 Å². The van der Waals surface area contributed by atoms with E-state index in [2.05, 4.69) is 118 Å². The normalized spacial score (nSPS) is 15.3. The molecule has 0 aromatic heterocycles. The molecule has 0 heterocycles. The molecule has 2 nitrogen and oxygen atoms in total. The highest BCUT2D eigenvalue weighted by atomic mass is 35.5. The van der Waals surface area contributed by atoms with Crippen LogP contribution in [0.3, 0.4) is 0 Å². The lowest BCUT2D eigenvalue weighted by molar-refractivity contribution is 0.244. The molecule has 0 aliphatic rings. The third kappa shape index (κ3) is 10.2. The Balaban J connectivity index is 2.31. The van der Waals surface area contributed by atoms with E-state index < -0.39 is 16.6 Å². The van der Waals surface area contributed by atoms with Gasteiger partial charge in [-0.25, -0.2) is 0 Å². The maximum absolute atomic E-state index is 6.53. The highest BCUT2D eigenvalue weighted by Gasteiger charge is 2.38. The summed E-state index contributed by atoms with van der Waals surface area (Å²) in [4.78, 5) is 2.25. The van der Waals surface area contributed by atoms with E-state index >= 15 is 0 Å². The van der Waals surface area contributed by atoms with Crippen molar-refractivity contribution in [1.82, 2.24) is 0 Å². The van der Waals surface area contributed by atoms with Crippen LogP contribution in [0.1, 0.15) is 66.5 Å². The fourth-order valence-electron chi connectivity index (χ4n) is 3.44. The van der Waals surface area contributed by atoms with E-state index in [-0.39, 0.29) is 22.3 Å². The fourth-order valence-corrected chi connectivity index (χ4v) is 7.53. The van der Waals surface area contributed by atoms with Crippen molar-refractivity contribution in [3.05, 3.63) is 69.7 Å². The van der Waals surface area contributed by atoms with Crippen molar-refractivity contribution in [3.8, 4) is 0 Å². The Labute approximate surface area is 254 Å². The van der Waals surface area contributed by atoms with Gasteiger partial charge in [-0.3, -0.25) is 0 Å². The number of hydrogen-bond donors (Lipinski definition) is 0. The molecule has 7 heteroatoms. The molecule has 2 atom stereocenters. The minimum Gasteiger partial charge on any atom is -0.411 e. The Bertz CT molecular complexity index is 1090. The first-order chi connectivity index (χ1) is 17.7. The predicted molar refractivity (Wildman–Crippen MR) is 181 cm³/mol. The summed E-state index contributed by atoms with van der Waals surface area (Å²) in [6.45, 7) is 26.9. The topological polar surface area (TPSA) is 18.5 Å². The van der Waals surface area contributed by atoms with Crippen molar-refractivity contribution < 1.29 is 8.85 Å². The number of hydrogen-bond acceptors (Lipinski definition) is 3. The van der Waals surface area contributed by atoms with Crippen LogP contribution in [0.5, 0.6) is 0 Å². The van der Waals surface area contributed by atoms with Gasteiger partial charge in [0.1, 0.15) is 0 Å². The average Bonchev–Trinajstić information content (AvgIpc) is 2.77. The standard InChI is InChI=1S/C32H48Cl2O2SSi2/c1-23(35-38(9,10)31(3,4)5)13-15-25-21-27(33)17-19-29(25)37-30-20-18-28(34)22-26(30)16-14-24(2)36-39(11,12)32(6,7)8/h13-24H,1-12H3/b15-13-,16-14?. The second-order valence-electron chi connectivity index (χ2n) is 13.4. The second kappa shape index (κ2) is 13.5. The smallest absolute Gasteiger partial charge is 0.192 e. The third-order valence-corrected chi connectivity index (χ3v) is 18.6. The minimum atomic E-state index is -1.86. The van der Waals surface area contributed by atoms with Gasteiger partial charge in [0.05, 0.1) is 12.2 Å². The molecule has 39 heavy (non-hydrogen) atoms. The zero-order chi connectivity index (χ0) is 29.8. The molecule has 2 unspecified atom stereocenters. The van der Waals surface area contributed by atoms with Crippen LogP contribution in [0, 0.1) is 0 Å². The summed E-state index contributed by atoms with van der Waals surface area (Å²) < 4.78 is 13.1. The Morgan fingerprint density at radius 1 is 0.667 bits per heavy atom. The van der Waals surface area contributed by atoms with Gasteiger partial charge in [-0.05, 0) is 97.6 Å². The van der Waals surface area contributed by atoms with Crippen molar-refractivity contribution in [3.63, 3.8) is 0 Å². The van der Waals surface area contributed by atoms with Crippen LogP contribution in [0.25, 0.3) is 12.2 Å². The minimum absolute atomic E-state index is 0.0131. The van der Waals surface area contributed by atoms with Crippen molar-refractivity contribution in [2.45, 2.75) is 114 Å². The second-order valence-corrected chi connectivity index (χ2v) is 24.8. The molecular formula is C32H48Cl2O2SSi2. The quantitative estimate of drug-likeness (QED) is 0.245. The van der Waals surface area contributed by atoms with Crippen molar-refractivity contribution in [2.24, 2.45) is 0 Å². The van der Waals surface area contributed by atoms with E-state index in [0.717, 1.165) is 20.9 Å². The summed E-state index contributed by atoms with van der Waals surface area (Å²) in [7, 11) is -3.72. The molecule has 0 aliphatic heterocycles. The summed E-state index contributed by atoms with van der Waals surface area (Å²) >= 11 is 14.5. The van der Waals surface area contributed by atoms with Crippen LogP contribution in [-0.4, -0.2) is 28.8 Å². The Morgan fingerprint density at radius 3 is 1.31 bits per heavy atom. The molecule has 216 valence electrons. The monoisotopic (exact) mass is 622 g/mol. The zero-order valence-electron chi connectivity index (χ0n) is 25.9. The summed E-state index contributed by atoms with van der Waals surface area (Å²) in [5, 5.41) is 1.75. The van der Waals surface area contributed by atoms with Crippen LogP contribution in [0.2, 0.25) is 46.3 Å². The molecule has 0 amide bonds. The van der Waals surface area contributed by atoms with Crippen LogP contribution in [0.4, 0.5) is 0 Å². The fraction of sp³-hybridized carbons (Fsp3) is 0.500. The van der Waals surface area contributed by atoms with Gasteiger partial charge in [0.25, 0.3) is 0 Å². The highest BCUT2D eigenvalue weighted by molar-refractivity contribution is 7.99. The molecule has 2 aromatic carbocycles. The summed E-state index contributed by atoms with van der Waals surface area (Å²) in [6, 6.07) is 12.1. The van der Waals surface area contributed by atoms with Gasteiger partial charge in [0.15, 0.2) is 16.6 Å². The maximum atomic E-state index is 6.53. The molecule has 0 N–H and O–H groups in total. The van der Waals surface area contributed by atoms with Crippen LogP contribution in [-0.2, 0) is 8.85 Å². The first-order valence-corrected chi connectivity index (χ1v) is 21.1. The van der Waals surface area contributed by atoms with Crippen LogP contribution in [0.15, 0.2) is 58.3 Å². The Hall–Kier alpha value is -0.796. The van der Waals surface area contributed by atoms with E-state index in [9.17, 15) is 0 Å². The molecular weight excluding hydrogens is 575 g/mol.